The summed E-state index contributed by atoms with van der Waals surface area (Å²) in [7, 11) is 2.17. The Morgan fingerprint density at radius 2 is 2.00 bits per heavy atom. The Bertz CT molecular complexity index is 330. The minimum Gasteiger partial charge on any atom is -0.348 e. The van der Waals surface area contributed by atoms with Crippen LogP contribution in [0.25, 0.3) is 0 Å². The smallest absolute Gasteiger partial charge is 0.251 e. The summed E-state index contributed by atoms with van der Waals surface area (Å²) in [5, 5.41) is 6.41. The molecule has 0 aliphatic carbocycles. The second-order valence-electron chi connectivity index (χ2n) is 4.95. The molecule has 15 heavy (non-hydrogen) atoms. The van der Waals surface area contributed by atoms with Gasteiger partial charge in [0.25, 0.3) is 5.91 Å². The second-order valence-corrected chi connectivity index (χ2v) is 5.36. The highest BCUT2D eigenvalue weighted by atomic mass is 32.1. The van der Waals surface area contributed by atoms with Gasteiger partial charge >= 0.3 is 0 Å². The first-order valence-electron chi connectivity index (χ1n) is 5.46. The largest absolute Gasteiger partial charge is 0.348 e. The number of carbonyl (C=O) groups is 1. The Labute approximate surface area is 94.4 Å². The van der Waals surface area contributed by atoms with Crippen LogP contribution in [0.4, 0.5) is 0 Å². The lowest BCUT2D eigenvalue weighted by atomic mass is 9.83. The molecule has 2 bridgehead atoms. The summed E-state index contributed by atoms with van der Waals surface area (Å²) in [5.74, 6) is 0.0810. The molecule has 4 nitrogen and oxygen atoms in total. The normalized spacial score (nSPS) is 44.6. The lowest BCUT2D eigenvalue weighted by Crippen LogP contribution is -2.58. The van der Waals surface area contributed by atoms with Crippen molar-refractivity contribution < 1.29 is 4.79 Å². The van der Waals surface area contributed by atoms with Crippen molar-refractivity contribution in [1.82, 2.24) is 15.5 Å². The van der Waals surface area contributed by atoms with E-state index in [9.17, 15) is 4.79 Å². The van der Waals surface area contributed by atoms with E-state index in [0.29, 0.717) is 17.2 Å². The molecule has 1 spiro atoms. The van der Waals surface area contributed by atoms with E-state index in [1.165, 1.54) is 12.8 Å². The zero-order valence-corrected chi connectivity index (χ0v) is 9.56. The number of carbonyl (C=O) groups excluding carboxylic acids is 1. The van der Waals surface area contributed by atoms with Crippen LogP contribution in [0.1, 0.15) is 25.7 Å². The molecular formula is C10H15N3OS. The molecule has 1 amide bonds. The quantitative estimate of drug-likeness (QED) is 0.569. The number of nitrogens with zero attached hydrogens (tertiary/aromatic N) is 1. The lowest BCUT2D eigenvalue weighted by Gasteiger charge is -2.41. The first-order valence-corrected chi connectivity index (χ1v) is 5.87. The minimum absolute atomic E-state index is 0.0810. The highest BCUT2D eigenvalue weighted by molar-refractivity contribution is 7.80. The monoisotopic (exact) mass is 225 g/mol. The maximum atomic E-state index is 11.9. The first-order chi connectivity index (χ1) is 7.11. The average Bonchev–Trinajstić information content (AvgIpc) is 2.56. The van der Waals surface area contributed by atoms with Crippen LogP contribution < -0.4 is 10.6 Å². The third-order valence-corrected chi connectivity index (χ3v) is 4.37. The van der Waals surface area contributed by atoms with Gasteiger partial charge in [-0.25, -0.2) is 0 Å². The highest BCUT2D eigenvalue weighted by Gasteiger charge is 2.54. The molecule has 3 heterocycles. The third kappa shape index (κ3) is 1.23. The van der Waals surface area contributed by atoms with Crippen LogP contribution in [0.3, 0.4) is 0 Å². The minimum atomic E-state index is -0.393. The number of rotatable bonds is 0. The van der Waals surface area contributed by atoms with Gasteiger partial charge in [-0.2, -0.15) is 0 Å². The summed E-state index contributed by atoms with van der Waals surface area (Å²) in [6.45, 7) is 0. The molecule has 5 heteroatoms. The number of piperidine rings is 1. The van der Waals surface area contributed by atoms with E-state index >= 15 is 0 Å². The van der Waals surface area contributed by atoms with Crippen LogP contribution in [0, 0.1) is 0 Å². The van der Waals surface area contributed by atoms with Gasteiger partial charge in [-0.1, -0.05) is 0 Å². The van der Waals surface area contributed by atoms with Crippen molar-refractivity contribution in [3.8, 4) is 0 Å². The van der Waals surface area contributed by atoms with Gasteiger partial charge in [-0.3, -0.25) is 4.79 Å². The molecule has 2 N–H and O–H groups in total. The van der Waals surface area contributed by atoms with E-state index in [1.807, 2.05) is 0 Å². The van der Waals surface area contributed by atoms with Gasteiger partial charge < -0.3 is 15.5 Å². The van der Waals surface area contributed by atoms with Crippen molar-refractivity contribution >= 4 is 23.2 Å². The van der Waals surface area contributed by atoms with Crippen molar-refractivity contribution in [2.75, 3.05) is 7.05 Å². The zero-order valence-electron chi connectivity index (χ0n) is 8.75. The zero-order chi connectivity index (χ0) is 10.6. The Morgan fingerprint density at radius 1 is 1.40 bits per heavy atom. The fraction of sp³-hybridized carbons (Fsp3) is 0.800. The molecule has 2 unspecified atom stereocenters. The predicted octanol–water partition coefficient (Wildman–Crippen LogP) is -0.0139. The predicted molar refractivity (Wildman–Crippen MR) is 60.4 cm³/mol. The summed E-state index contributed by atoms with van der Waals surface area (Å²) in [6.07, 6.45) is 4.22. The topological polar surface area (TPSA) is 44.4 Å². The number of amides is 1. The Hall–Kier alpha value is -0.680. The summed E-state index contributed by atoms with van der Waals surface area (Å²) >= 11 is 5.02. The van der Waals surface area contributed by atoms with Gasteiger partial charge in [0, 0.05) is 12.1 Å². The van der Waals surface area contributed by atoms with Gasteiger partial charge in [0.05, 0.1) is 0 Å². The number of hydrogen-bond donors (Lipinski definition) is 2. The molecule has 3 fully saturated rings. The maximum absolute atomic E-state index is 11.9. The Kier molecular flexibility index (Phi) is 1.86. The molecule has 2 atom stereocenters. The number of hydrogen-bond acceptors (Lipinski definition) is 3. The summed E-state index contributed by atoms with van der Waals surface area (Å²) in [4.78, 5) is 14.3. The summed E-state index contributed by atoms with van der Waals surface area (Å²) < 4.78 is 0. The van der Waals surface area contributed by atoms with E-state index in [4.69, 9.17) is 12.2 Å². The van der Waals surface area contributed by atoms with Crippen LogP contribution in [-0.4, -0.2) is 40.6 Å². The standard InChI is InChI=1S/C10H15N3OS/c1-13-6-2-3-7(13)5-10(4-6)8(14)11-9(15)12-10/h6-7H,2-5H2,1H3,(H2,11,12,14,15). The first kappa shape index (κ1) is 9.54. The van der Waals surface area contributed by atoms with Crippen molar-refractivity contribution in [1.29, 1.82) is 0 Å². The van der Waals surface area contributed by atoms with Crippen LogP contribution in [0.2, 0.25) is 0 Å². The molecule has 3 saturated heterocycles. The molecule has 0 radical (unpaired) electrons. The van der Waals surface area contributed by atoms with Crippen LogP contribution in [0.5, 0.6) is 0 Å². The maximum Gasteiger partial charge on any atom is 0.251 e. The number of fused-ring (bicyclic) bond motifs is 2. The summed E-state index contributed by atoms with van der Waals surface area (Å²) in [5.41, 5.74) is -0.393. The third-order valence-electron chi connectivity index (χ3n) is 4.17. The molecule has 0 aromatic carbocycles. The van der Waals surface area contributed by atoms with E-state index in [2.05, 4.69) is 22.6 Å². The highest BCUT2D eigenvalue weighted by Crippen LogP contribution is 2.40. The molecule has 0 saturated carbocycles. The van der Waals surface area contributed by atoms with Crippen LogP contribution in [-0.2, 0) is 4.79 Å². The molecule has 3 aliphatic rings. The number of nitrogens with one attached hydrogen (secondary N) is 2. The van der Waals surface area contributed by atoms with Crippen LogP contribution in [0.15, 0.2) is 0 Å². The van der Waals surface area contributed by atoms with Gasteiger partial charge in [-0.05, 0) is 44.9 Å². The molecule has 82 valence electrons. The van der Waals surface area contributed by atoms with E-state index < -0.39 is 5.54 Å². The lowest BCUT2D eigenvalue weighted by molar-refractivity contribution is -0.126. The fourth-order valence-electron chi connectivity index (χ4n) is 3.29. The molecule has 3 aliphatic heterocycles. The second kappa shape index (κ2) is 2.92. The van der Waals surface area contributed by atoms with E-state index in [-0.39, 0.29) is 5.91 Å². The van der Waals surface area contributed by atoms with Crippen molar-refractivity contribution in [3.63, 3.8) is 0 Å². The van der Waals surface area contributed by atoms with Crippen molar-refractivity contribution in [3.05, 3.63) is 0 Å². The van der Waals surface area contributed by atoms with Crippen LogP contribution >= 0.6 is 12.2 Å². The molecule has 0 aromatic rings. The van der Waals surface area contributed by atoms with E-state index in [0.717, 1.165) is 12.8 Å². The number of thiocarbonyl (C=S) groups is 1. The van der Waals surface area contributed by atoms with Gasteiger partial charge in [-0.15, -0.1) is 0 Å². The Balaban J connectivity index is 1.90. The summed E-state index contributed by atoms with van der Waals surface area (Å²) in [6, 6.07) is 1.09. The molecule has 0 aromatic heterocycles. The van der Waals surface area contributed by atoms with Gasteiger partial charge in [0.15, 0.2) is 5.11 Å². The Morgan fingerprint density at radius 3 is 2.47 bits per heavy atom. The SMILES string of the molecule is CN1C2CCC1CC1(C2)NC(=S)NC1=O. The molecular weight excluding hydrogens is 210 g/mol. The fourth-order valence-corrected chi connectivity index (χ4v) is 3.57. The van der Waals surface area contributed by atoms with Crippen molar-refractivity contribution in [2.24, 2.45) is 0 Å². The van der Waals surface area contributed by atoms with Gasteiger partial charge in [0.1, 0.15) is 5.54 Å². The average molecular weight is 225 g/mol. The molecule has 3 rings (SSSR count). The van der Waals surface area contributed by atoms with E-state index in [1.54, 1.807) is 0 Å². The van der Waals surface area contributed by atoms with Crippen molar-refractivity contribution in [2.45, 2.75) is 43.3 Å². The van der Waals surface area contributed by atoms with Gasteiger partial charge in [0.2, 0.25) is 0 Å².